The van der Waals surface area contributed by atoms with Crippen molar-refractivity contribution in [3.8, 4) is 11.3 Å². The Morgan fingerprint density at radius 2 is 1.69 bits per heavy atom. The number of aromatic nitrogens is 3. The minimum Gasteiger partial charge on any atom is -0.340 e. The van der Waals surface area contributed by atoms with Crippen molar-refractivity contribution in [3.63, 3.8) is 0 Å². The molecule has 0 bridgehead atoms. The fourth-order valence-electron chi connectivity index (χ4n) is 3.96. The van der Waals surface area contributed by atoms with Gasteiger partial charge in [-0.25, -0.2) is 4.79 Å². The number of aromatic amines is 2. The quantitative estimate of drug-likeness (QED) is 0.477. The van der Waals surface area contributed by atoms with Crippen molar-refractivity contribution in [2.24, 2.45) is 7.05 Å². The monoisotopic (exact) mass is 406 g/mol. The third-order valence-corrected chi connectivity index (χ3v) is 5.57. The third-order valence-electron chi connectivity index (χ3n) is 5.32. The predicted molar refractivity (Wildman–Crippen MR) is 112 cm³/mol. The molecule has 3 heterocycles. The van der Waals surface area contributed by atoms with Gasteiger partial charge in [0.2, 0.25) is 5.91 Å². The molecule has 0 fully saturated rings. The number of carbonyl (C=O) groups is 1. The first-order valence-electron chi connectivity index (χ1n) is 8.96. The maximum atomic E-state index is 12.9. The van der Waals surface area contributed by atoms with Crippen LogP contribution in [0.15, 0.2) is 58.1 Å². The Labute approximate surface area is 169 Å². The summed E-state index contributed by atoms with van der Waals surface area (Å²) in [5, 5.41) is 3.74. The van der Waals surface area contributed by atoms with E-state index in [1.807, 2.05) is 36.4 Å². The number of amides is 1. The molecule has 7 nitrogen and oxygen atoms in total. The molecule has 8 heteroatoms. The van der Waals surface area contributed by atoms with E-state index >= 15 is 0 Å². The van der Waals surface area contributed by atoms with Crippen LogP contribution in [0.1, 0.15) is 17.0 Å². The number of aryl methyl sites for hydroxylation is 1. The SMILES string of the molecule is Cn1c(=O)[nH]c(=O)c2c([C@H]3C(=O)Nc4ccccc43)c(-c3ccc(Cl)cc3)[nH]c21. The lowest BCUT2D eigenvalue weighted by Gasteiger charge is -2.11. The first kappa shape index (κ1) is 17.5. The first-order valence-corrected chi connectivity index (χ1v) is 9.34. The van der Waals surface area contributed by atoms with Crippen molar-refractivity contribution in [3.05, 3.63) is 85.5 Å². The number of nitrogens with one attached hydrogen (secondary N) is 3. The van der Waals surface area contributed by atoms with Gasteiger partial charge in [-0.15, -0.1) is 0 Å². The number of hydrogen-bond acceptors (Lipinski definition) is 3. The highest BCUT2D eigenvalue weighted by atomic mass is 35.5. The summed E-state index contributed by atoms with van der Waals surface area (Å²) in [7, 11) is 1.56. The maximum absolute atomic E-state index is 12.9. The van der Waals surface area contributed by atoms with Gasteiger partial charge in [0.1, 0.15) is 5.65 Å². The molecule has 0 saturated carbocycles. The van der Waals surface area contributed by atoms with Crippen LogP contribution in [-0.2, 0) is 11.8 Å². The van der Waals surface area contributed by atoms with Crippen LogP contribution < -0.4 is 16.6 Å². The summed E-state index contributed by atoms with van der Waals surface area (Å²) in [6.07, 6.45) is 0. The minimum atomic E-state index is -0.691. The van der Waals surface area contributed by atoms with Crippen LogP contribution in [-0.4, -0.2) is 20.4 Å². The molecule has 1 amide bonds. The van der Waals surface area contributed by atoms with Crippen LogP contribution in [0.3, 0.4) is 0 Å². The van der Waals surface area contributed by atoms with Gasteiger partial charge in [0, 0.05) is 23.3 Å². The highest BCUT2D eigenvalue weighted by Gasteiger charge is 2.37. The Bertz CT molecular complexity index is 1410. The molecular formula is C21H15ClN4O3. The van der Waals surface area contributed by atoms with E-state index in [0.717, 1.165) is 11.1 Å². The predicted octanol–water partition coefficient (Wildman–Crippen LogP) is 2.96. The number of rotatable bonds is 2. The molecule has 29 heavy (non-hydrogen) atoms. The van der Waals surface area contributed by atoms with Crippen molar-refractivity contribution in [2.75, 3.05) is 5.32 Å². The number of H-pyrrole nitrogens is 2. The molecule has 0 spiro atoms. The van der Waals surface area contributed by atoms with Gasteiger partial charge in [-0.3, -0.25) is 19.1 Å². The van der Waals surface area contributed by atoms with Crippen LogP contribution in [0.25, 0.3) is 22.3 Å². The summed E-state index contributed by atoms with van der Waals surface area (Å²) in [6.45, 7) is 0. The number of para-hydroxylation sites is 1. The highest BCUT2D eigenvalue weighted by Crippen LogP contribution is 2.43. The largest absolute Gasteiger partial charge is 0.340 e. The highest BCUT2D eigenvalue weighted by molar-refractivity contribution is 6.30. The van der Waals surface area contributed by atoms with Crippen molar-refractivity contribution in [2.45, 2.75) is 5.92 Å². The number of halogens is 1. The molecule has 3 N–H and O–H groups in total. The van der Waals surface area contributed by atoms with Crippen LogP contribution in [0.4, 0.5) is 5.69 Å². The van der Waals surface area contributed by atoms with E-state index in [-0.39, 0.29) is 11.3 Å². The van der Waals surface area contributed by atoms with Gasteiger partial charge in [0.05, 0.1) is 17.0 Å². The molecule has 1 atom stereocenters. The minimum absolute atomic E-state index is 0.226. The smallest absolute Gasteiger partial charge is 0.329 e. The normalized spacial score (nSPS) is 15.5. The molecule has 0 radical (unpaired) electrons. The maximum Gasteiger partial charge on any atom is 0.329 e. The van der Waals surface area contributed by atoms with E-state index in [1.165, 1.54) is 4.57 Å². The number of carbonyl (C=O) groups excluding carboxylic acids is 1. The van der Waals surface area contributed by atoms with Crippen molar-refractivity contribution < 1.29 is 4.79 Å². The molecule has 144 valence electrons. The second-order valence-electron chi connectivity index (χ2n) is 6.97. The molecule has 0 unspecified atom stereocenters. The van der Waals surface area contributed by atoms with Crippen molar-refractivity contribution in [1.82, 2.24) is 14.5 Å². The molecule has 2 aromatic carbocycles. The van der Waals surface area contributed by atoms with Crippen LogP contribution >= 0.6 is 11.6 Å². The number of anilines is 1. The van der Waals surface area contributed by atoms with Crippen LogP contribution in [0, 0.1) is 0 Å². The Kier molecular flexibility index (Phi) is 3.75. The molecule has 1 aliphatic heterocycles. The van der Waals surface area contributed by atoms with Gasteiger partial charge in [-0.1, -0.05) is 41.9 Å². The Balaban J connectivity index is 1.91. The first-order chi connectivity index (χ1) is 14.0. The van der Waals surface area contributed by atoms with E-state index in [1.54, 1.807) is 19.2 Å². The summed E-state index contributed by atoms with van der Waals surface area (Å²) in [4.78, 5) is 43.4. The van der Waals surface area contributed by atoms with E-state index in [4.69, 9.17) is 11.6 Å². The van der Waals surface area contributed by atoms with Gasteiger partial charge < -0.3 is 10.3 Å². The summed E-state index contributed by atoms with van der Waals surface area (Å²) in [6, 6.07) is 14.5. The number of nitrogens with zero attached hydrogens (tertiary/aromatic N) is 1. The van der Waals surface area contributed by atoms with Gasteiger partial charge in [-0.05, 0) is 29.3 Å². The zero-order valence-electron chi connectivity index (χ0n) is 15.2. The third kappa shape index (κ3) is 2.55. The summed E-state index contributed by atoms with van der Waals surface area (Å²) in [5.41, 5.74) is 2.66. The zero-order chi connectivity index (χ0) is 20.3. The van der Waals surface area contributed by atoms with E-state index in [9.17, 15) is 14.4 Å². The second-order valence-corrected chi connectivity index (χ2v) is 7.41. The summed E-state index contributed by atoms with van der Waals surface area (Å²) in [5.74, 6) is -0.917. The van der Waals surface area contributed by atoms with E-state index in [0.29, 0.717) is 27.6 Å². The van der Waals surface area contributed by atoms with Gasteiger partial charge in [0.15, 0.2) is 0 Å². The molecule has 0 aliphatic carbocycles. The van der Waals surface area contributed by atoms with Gasteiger partial charge in [0.25, 0.3) is 5.56 Å². The molecule has 5 rings (SSSR count). The molecule has 0 saturated heterocycles. The van der Waals surface area contributed by atoms with Crippen molar-refractivity contribution in [1.29, 1.82) is 0 Å². The molecule has 2 aromatic heterocycles. The molecule has 1 aliphatic rings. The standard InChI is InChI=1S/C21H15ClN4O3/c1-26-18-16(20(28)25-21(26)29)15(17(24-18)10-6-8-11(22)9-7-10)14-12-4-2-3-5-13(12)23-19(14)27/h2-9,14,24H,1H3,(H,23,27)(H,25,28,29)/t14-/m0/s1. The average Bonchev–Trinajstić information content (AvgIpc) is 3.24. The second kappa shape index (κ2) is 6.22. The van der Waals surface area contributed by atoms with Crippen molar-refractivity contribution >= 4 is 34.2 Å². The van der Waals surface area contributed by atoms with Crippen LogP contribution in [0.2, 0.25) is 5.02 Å². The lowest BCUT2D eigenvalue weighted by molar-refractivity contribution is -0.116. The summed E-state index contributed by atoms with van der Waals surface area (Å²) < 4.78 is 1.33. The number of hydrogen-bond donors (Lipinski definition) is 3. The lowest BCUT2D eigenvalue weighted by atomic mass is 9.89. The topological polar surface area (TPSA) is 99.8 Å². The van der Waals surface area contributed by atoms with E-state index < -0.39 is 17.2 Å². The molecular weight excluding hydrogens is 392 g/mol. The summed E-state index contributed by atoms with van der Waals surface area (Å²) >= 11 is 6.03. The van der Waals surface area contributed by atoms with Gasteiger partial charge in [-0.2, -0.15) is 0 Å². The van der Waals surface area contributed by atoms with E-state index in [2.05, 4.69) is 15.3 Å². The van der Waals surface area contributed by atoms with Gasteiger partial charge >= 0.3 is 5.69 Å². The van der Waals surface area contributed by atoms with Crippen LogP contribution in [0.5, 0.6) is 0 Å². The number of benzene rings is 2. The number of fused-ring (bicyclic) bond motifs is 2. The fraction of sp³-hybridized carbons (Fsp3) is 0.0952. The zero-order valence-corrected chi connectivity index (χ0v) is 16.0. The Morgan fingerprint density at radius 1 is 0.966 bits per heavy atom. The lowest BCUT2D eigenvalue weighted by Crippen LogP contribution is -2.28. The average molecular weight is 407 g/mol. The Morgan fingerprint density at radius 3 is 2.45 bits per heavy atom. The Hall–Kier alpha value is -3.58. The molecule has 4 aromatic rings. The fourth-order valence-corrected chi connectivity index (χ4v) is 4.08.